The van der Waals surface area contributed by atoms with Crippen LogP contribution in [0.2, 0.25) is 0 Å². The van der Waals surface area contributed by atoms with Crippen LogP contribution >= 0.6 is 15.9 Å². The average Bonchev–Trinajstić information content (AvgIpc) is 2.44. The van der Waals surface area contributed by atoms with Gasteiger partial charge in [-0.2, -0.15) is 0 Å². The molecular weight excluding hydrogens is 346 g/mol. The molecule has 0 aliphatic carbocycles. The molecule has 0 spiro atoms. The minimum Gasteiger partial charge on any atom is -0.465 e. The standard InChI is InChI=1S/C12H16BrN3O5/c1-3-21-11(18)12(2,7-17)6-15-9-4-8(13)5-14-10(9)16(19)20/h4-5,15,17H,3,6-7H2,1-2H3. The topological polar surface area (TPSA) is 115 Å². The molecule has 1 aromatic rings. The van der Waals surface area contributed by atoms with E-state index in [9.17, 15) is 20.0 Å². The minimum absolute atomic E-state index is 0.0265. The van der Waals surface area contributed by atoms with E-state index in [2.05, 4.69) is 26.2 Å². The summed E-state index contributed by atoms with van der Waals surface area (Å²) in [6, 6.07) is 1.48. The number of ether oxygens (including phenoxy) is 1. The van der Waals surface area contributed by atoms with Gasteiger partial charge in [-0.1, -0.05) is 0 Å². The molecule has 1 aromatic heterocycles. The molecule has 9 heteroatoms. The lowest BCUT2D eigenvalue weighted by Gasteiger charge is -2.25. The quantitative estimate of drug-likeness (QED) is 0.431. The Morgan fingerprint density at radius 1 is 1.67 bits per heavy atom. The van der Waals surface area contributed by atoms with E-state index in [1.165, 1.54) is 19.2 Å². The molecule has 0 bridgehead atoms. The lowest BCUT2D eigenvalue weighted by atomic mass is 9.92. The molecule has 1 heterocycles. The van der Waals surface area contributed by atoms with Gasteiger partial charge in [0.05, 0.1) is 17.7 Å². The van der Waals surface area contributed by atoms with Gasteiger partial charge in [0.1, 0.15) is 11.1 Å². The first-order valence-corrected chi connectivity index (χ1v) is 6.95. The Balaban J connectivity index is 2.93. The zero-order valence-corrected chi connectivity index (χ0v) is 13.2. The van der Waals surface area contributed by atoms with Crippen LogP contribution in [-0.4, -0.2) is 40.7 Å². The van der Waals surface area contributed by atoms with Gasteiger partial charge in [0, 0.05) is 6.54 Å². The van der Waals surface area contributed by atoms with E-state index in [0.717, 1.165) is 0 Å². The molecule has 21 heavy (non-hydrogen) atoms. The van der Waals surface area contributed by atoms with E-state index in [1.54, 1.807) is 6.92 Å². The van der Waals surface area contributed by atoms with Crippen molar-refractivity contribution in [1.82, 2.24) is 4.98 Å². The van der Waals surface area contributed by atoms with Crippen LogP contribution in [-0.2, 0) is 9.53 Å². The fourth-order valence-corrected chi connectivity index (χ4v) is 1.83. The predicted octanol–water partition coefficient (Wildman–Crippen LogP) is 1.73. The van der Waals surface area contributed by atoms with Crippen LogP contribution in [0.15, 0.2) is 16.7 Å². The van der Waals surface area contributed by atoms with Crippen molar-refractivity contribution in [1.29, 1.82) is 0 Å². The summed E-state index contributed by atoms with van der Waals surface area (Å²) in [5.74, 6) is -0.937. The number of rotatable bonds is 7. The molecule has 1 rings (SSSR count). The van der Waals surface area contributed by atoms with Crippen molar-refractivity contribution in [3.63, 3.8) is 0 Å². The first kappa shape index (κ1) is 17.3. The van der Waals surface area contributed by atoms with E-state index in [-0.39, 0.29) is 24.7 Å². The van der Waals surface area contributed by atoms with Gasteiger partial charge in [-0.25, -0.2) is 0 Å². The highest BCUT2D eigenvalue weighted by atomic mass is 79.9. The van der Waals surface area contributed by atoms with Crippen LogP contribution in [0.1, 0.15) is 13.8 Å². The van der Waals surface area contributed by atoms with Crippen molar-refractivity contribution in [2.75, 3.05) is 25.1 Å². The highest BCUT2D eigenvalue weighted by Gasteiger charge is 2.34. The number of aromatic nitrogens is 1. The molecule has 0 saturated heterocycles. The number of nitrogens with one attached hydrogen (secondary N) is 1. The van der Waals surface area contributed by atoms with E-state index in [1.807, 2.05) is 0 Å². The Bertz CT molecular complexity index is 540. The van der Waals surface area contributed by atoms with E-state index in [0.29, 0.717) is 4.47 Å². The van der Waals surface area contributed by atoms with Crippen molar-refractivity contribution in [3.05, 3.63) is 26.9 Å². The van der Waals surface area contributed by atoms with E-state index in [4.69, 9.17) is 4.74 Å². The highest BCUT2D eigenvalue weighted by Crippen LogP contribution is 2.27. The smallest absolute Gasteiger partial charge is 0.386 e. The number of halogens is 1. The van der Waals surface area contributed by atoms with E-state index < -0.39 is 22.9 Å². The van der Waals surface area contributed by atoms with E-state index >= 15 is 0 Å². The zero-order chi connectivity index (χ0) is 16.0. The van der Waals surface area contributed by atoms with Crippen molar-refractivity contribution in [2.24, 2.45) is 5.41 Å². The van der Waals surface area contributed by atoms with Crippen LogP contribution in [0.3, 0.4) is 0 Å². The number of aliphatic hydroxyl groups excluding tert-OH is 1. The fraction of sp³-hybridized carbons (Fsp3) is 0.500. The summed E-state index contributed by atoms with van der Waals surface area (Å²) >= 11 is 3.17. The Hall–Kier alpha value is -1.74. The third-order valence-electron chi connectivity index (χ3n) is 2.79. The molecule has 0 saturated carbocycles. The van der Waals surface area contributed by atoms with Gasteiger partial charge < -0.3 is 25.3 Å². The molecule has 0 aliphatic rings. The van der Waals surface area contributed by atoms with Gasteiger partial charge in [-0.15, -0.1) is 0 Å². The lowest BCUT2D eigenvalue weighted by molar-refractivity contribution is -0.388. The Labute approximate surface area is 129 Å². The molecule has 1 atom stereocenters. The van der Waals surface area contributed by atoms with Gasteiger partial charge in [0.2, 0.25) is 0 Å². The second-order valence-electron chi connectivity index (χ2n) is 4.57. The number of esters is 1. The maximum Gasteiger partial charge on any atom is 0.386 e. The third kappa shape index (κ3) is 4.36. The SMILES string of the molecule is CCOC(=O)C(C)(CO)CNc1cc(Br)cnc1[N+](=O)[O-]. The molecule has 0 amide bonds. The lowest BCUT2D eigenvalue weighted by Crippen LogP contribution is -2.40. The maximum atomic E-state index is 11.8. The Morgan fingerprint density at radius 2 is 2.33 bits per heavy atom. The summed E-state index contributed by atoms with van der Waals surface area (Å²) < 4.78 is 5.44. The van der Waals surface area contributed by atoms with Crippen molar-refractivity contribution in [2.45, 2.75) is 13.8 Å². The van der Waals surface area contributed by atoms with Gasteiger partial charge in [-0.3, -0.25) is 4.79 Å². The van der Waals surface area contributed by atoms with Crippen molar-refractivity contribution >= 4 is 33.4 Å². The second-order valence-corrected chi connectivity index (χ2v) is 5.49. The number of anilines is 1. The summed E-state index contributed by atoms with van der Waals surface area (Å²) in [6.45, 7) is 2.88. The highest BCUT2D eigenvalue weighted by molar-refractivity contribution is 9.10. The van der Waals surface area contributed by atoms with Gasteiger partial charge in [0.15, 0.2) is 6.20 Å². The number of aliphatic hydroxyl groups is 1. The Kier molecular flexibility index (Phi) is 6.03. The van der Waals surface area contributed by atoms with Crippen LogP contribution in [0.5, 0.6) is 0 Å². The number of carbonyl (C=O) groups is 1. The number of hydrogen-bond acceptors (Lipinski definition) is 7. The molecule has 8 nitrogen and oxygen atoms in total. The molecule has 2 N–H and O–H groups in total. The minimum atomic E-state index is -1.20. The fourth-order valence-electron chi connectivity index (χ4n) is 1.50. The molecule has 0 fully saturated rings. The van der Waals surface area contributed by atoms with Gasteiger partial charge in [0.25, 0.3) is 0 Å². The normalized spacial score (nSPS) is 13.3. The number of hydrogen-bond donors (Lipinski definition) is 2. The molecule has 1 unspecified atom stereocenters. The molecule has 0 aliphatic heterocycles. The maximum absolute atomic E-state index is 11.8. The van der Waals surface area contributed by atoms with Gasteiger partial charge in [-0.05, 0) is 45.8 Å². The van der Waals surface area contributed by atoms with Crippen LogP contribution in [0.25, 0.3) is 0 Å². The summed E-state index contributed by atoms with van der Waals surface area (Å²) in [6.07, 6.45) is 1.31. The first-order valence-electron chi connectivity index (χ1n) is 6.16. The van der Waals surface area contributed by atoms with Crippen molar-refractivity contribution in [3.8, 4) is 0 Å². The number of carbonyl (C=O) groups excluding carboxylic acids is 1. The zero-order valence-electron chi connectivity index (χ0n) is 11.6. The number of pyridine rings is 1. The summed E-state index contributed by atoms with van der Waals surface area (Å²) in [5, 5.41) is 23.1. The Morgan fingerprint density at radius 3 is 2.86 bits per heavy atom. The molecule has 116 valence electrons. The van der Waals surface area contributed by atoms with Crippen molar-refractivity contribution < 1.29 is 19.6 Å². The monoisotopic (exact) mass is 361 g/mol. The number of nitrogens with zero attached hydrogens (tertiary/aromatic N) is 2. The van der Waals surface area contributed by atoms with Crippen LogP contribution < -0.4 is 5.32 Å². The summed E-state index contributed by atoms with van der Waals surface area (Å²) in [7, 11) is 0. The largest absolute Gasteiger partial charge is 0.465 e. The van der Waals surface area contributed by atoms with Gasteiger partial charge >= 0.3 is 11.8 Å². The second kappa shape index (κ2) is 7.32. The average molecular weight is 362 g/mol. The third-order valence-corrected chi connectivity index (χ3v) is 3.23. The predicted molar refractivity (Wildman–Crippen MR) is 78.9 cm³/mol. The molecule has 0 aromatic carbocycles. The molecular formula is C12H16BrN3O5. The summed E-state index contributed by atoms with van der Waals surface area (Å²) in [5.41, 5.74) is -1.05. The summed E-state index contributed by atoms with van der Waals surface area (Å²) in [4.78, 5) is 25.8. The number of nitro groups is 1. The van der Waals surface area contributed by atoms with Crippen LogP contribution in [0.4, 0.5) is 11.5 Å². The molecule has 0 radical (unpaired) electrons. The first-order chi connectivity index (χ1) is 9.84. The van der Waals surface area contributed by atoms with Crippen LogP contribution in [0, 0.1) is 15.5 Å².